The van der Waals surface area contributed by atoms with Gasteiger partial charge in [-0.3, -0.25) is 4.79 Å². The molecule has 3 aromatic rings. The summed E-state index contributed by atoms with van der Waals surface area (Å²) in [6.45, 7) is 4.70. The van der Waals surface area contributed by atoms with Crippen LogP contribution in [-0.4, -0.2) is 20.9 Å². The number of hydrogen-bond acceptors (Lipinski definition) is 4. The number of benzene rings is 2. The van der Waals surface area contributed by atoms with Crippen LogP contribution in [0.5, 0.6) is 0 Å². The maximum Gasteiger partial charge on any atom is 0.249 e. The van der Waals surface area contributed by atoms with Crippen molar-refractivity contribution in [2.24, 2.45) is 0 Å². The first-order valence-corrected chi connectivity index (χ1v) is 9.76. The van der Waals surface area contributed by atoms with Crippen LogP contribution in [0.25, 0.3) is 11.4 Å². The summed E-state index contributed by atoms with van der Waals surface area (Å²) in [6, 6.07) is 13.9. The molecular weight excluding hydrogens is 406 g/mol. The molecular formula is C21H20BrN3O2. The maximum atomic E-state index is 12.5. The number of amides is 1. The van der Waals surface area contributed by atoms with Gasteiger partial charge in [-0.2, -0.15) is 4.98 Å². The third-order valence-electron chi connectivity index (χ3n) is 4.98. The van der Waals surface area contributed by atoms with Crippen LogP contribution in [0.3, 0.4) is 0 Å². The van der Waals surface area contributed by atoms with Crippen molar-refractivity contribution in [1.29, 1.82) is 0 Å². The molecule has 1 saturated heterocycles. The molecule has 0 bridgehead atoms. The molecule has 5 nitrogen and oxygen atoms in total. The molecule has 27 heavy (non-hydrogen) atoms. The lowest BCUT2D eigenvalue weighted by Crippen LogP contribution is -2.27. The zero-order valence-corrected chi connectivity index (χ0v) is 16.9. The molecule has 0 radical (unpaired) electrons. The van der Waals surface area contributed by atoms with Crippen molar-refractivity contribution in [3.63, 3.8) is 0 Å². The summed E-state index contributed by atoms with van der Waals surface area (Å²) < 4.78 is 6.50. The Morgan fingerprint density at radius 3 is 2.89 bits per heavy atom. The van der Waals surface area contributed by atoms with Gasteiger partial charge in [0.1, 0.15) is 6.04 Å². The average molecular weight is 426 g/mol. The van der Waals surface area contributed by atoms with Crippen molar-refractivity contribution in [2.45, 2.75) is 39.3 Å². The number of hydrogen-bond donors (Lipinski definition) is 0. The third-order valence-corrected chi connectivity index (χ3v) is 5.48. The Hall–Kier alpha value is -2.47. The van der Waals surface area contributed by atoms with E-state index in [2.05, 4.69) is 58.1 Å². The standard InChI is InChI=1S/C21H20BrN3O2/c1-13-6-7-14(2)16(10-13)12-25-18(8-9-19(25)26)21-23-20(24-27-21)15-4-3-5-17(22)11-15/h3-7,10-11,18H,8-9,12H2,1-2H3. The average Bonchev–Trinajstić information content (AvgIpc) is 3.26. The predicted octanol–water partition coefficient (Wildman–Crippen LogP) is 4.98. The lowest BCUT2D eigenvalue weighted by Gasteiger charge is -2.23. The van der Waals surface area contributed by atoms with E-state index in [4.69, 9.17) is 4.52 Å². The van der Waals surface area contributed by atoms with Crippen LogP contribution in [0.4, 0.5) is 0 Å². The highest BCUT2D eigenvalue weighted by Gasteiger charge is 2.36. The van der Waals surface area contributed by atoms with Crippen molar-refractivity contribution in [3.8, 4) is 11.4 Å². The van der Waals surface area contributed by atoms with E-state index < -0.39 is 0 Å². The summed E-state index contributed by atoms with van der Waals surface area (Å²) in [5.74, 6) is 1.17. The third kappa shape index (κ3) is 3.67. The number of aromatic nitrogens is 2. The molecule has 2 heterocycles. The van der Waals surface area contributed by atoms with Crippen LogP contribution < -0.4 is 0 Å². The minimum absolute atomic E-state index is 0.128. The van der Waals surface area contributed by atoms with Crippen molar-refractivity contribution >= 4 is 21.8 Å². The van der Waals surface area contributed by atoms with Crippen molar-refractivity contribution in [2.75, 3.05) is 0 Å². The highest BCUT2D eigenvalue weighted by molar-refractivity contribution is 9.10. The van der Waals surface area contributed by atoms with Gasteiger partial charge in [0.25, 0.3) is 0 Å². The molecule has 1 aliphatic heterocycles. The zero-order valence-electron chi connectivity index (χ0n) is 15.3. The first-order valence-electron chi connectivity index (χ1n) is 8.96. The molecule has 1 amide bonds. The molecule has 0 saturated carbocycles. The number of carbonyl (C=O) groups excluding carboxylic acids is 1. The predicted molar refractivity (Wildman–Crippen MR) is 106 cm³/mol. The van der Waals surface area contributed by atoms with Gasteiger partial charge in [0.2, 0.25) is 17.6 Å². The second-order valence-electron chi connectivity index (χ2n) is 6.97. The van der Waals surface area contributed by atoms with E-state index in [1.807, 2.05) is 29.2 Å². The quantitative estimate of drug-likeness (QED) is 0.591. The molecule has 1 aliphatic rings. The van der Waals surface area contributed by atoms with Gasteiger partial charge in [-0.05, 0) is 43.5 Å². The van der Waals surface area contributed by atoms with E-state index in [0.717, 1.165) is 15.6 Å². The molecule has 1 fully saturated rings. The number of rotatable bonds is 4. The number of halogens is 1. The van der Waals surface area contributed by atoms with Gasteiger partial charge < -0.3 is 9.42 Å². The fourth-order valence-corrected chi connectivity index (χ4v) is 3.86. The van der Waals surface area contributed by atoms with Crippen molar-refractivity contribution < 1.29 is 9.32 Å². The van der Waals surface area contributed by atoms with E-state index in [-0.39, 0.29) is 11.9 Å². The second-order valence-corrected chi connectivity index (χ2v) is 7.89. The molecule has 138 valence electrons. The number of nitrogens with zero attached hydrogens (tertiary/aromatic N) is 3. The topological polar surface area (TPSA) is 59.2 Å². The van der Waals surface area contributed by atoms with Crippen LogP contribution >= 0.6 is 15.9 Å². The molecule has 0 spiro atoms. The number of carbonyl (C=O) groups is 1. The molecule has 4 rings (SSSR count). The van der Waals surface area contributed by atoms with E-state index in [1.54, 1.807) is 0 Å². The molecule has 1 aromatic heterocycles. The van der Waals surface area contributed by atoms with Crippen LogP contribution in [-0.2, 0) is 11.3 Å². The van der Waals surface area contributed by atoms with Gasteiger partial charge in [0.05, 0.1) is 0 Å². The zero-order chi connectivity index (χ0) is 19.0. The van der Waals surface area contributed by atoms with Crippen LogP contribution in [0.15, 0.2) is 51.5 Å². The molecule has 2 aromatic carbocycles. The first kappa shape index (κ1) is 17.9. The normalized spacial score (nSPS) is 16.9. The number of likely N-dealkylation sites (tertiary alicyclic amines) is 1. The smallest absolute Gasteiger partial charge is 0.249 e. The minimum Gasteiger partial charge on any atom is -0.337 e. The van der Waals surface area contributed by atoms with Crippen LogP contribution in [0.1, 0.15) is 41.5 Å². The van der Waals surface area contributed by atoms with Crippen LogP contribution in [0, 0.1) is 13.8 Å². The Balaban J connectivity index is 1.61. The highest BCUT2D eigenvalue weighted by Crippen LogP contribution is 2.34. The summed E-state index contributed by atoms with van der Waals surface area (Å²) in [5.41, 5.74) is 4.40. The summed E-state index contributed by atoms with van der Waals surface area (Å²) in [5, 5.41) is 4.13. The molecule has 1 unspecified atom stereocenters. The SMILES string of the molecule is Cc1ccc(C)c(CN2C(=O)CCC2c2nc(-c3cccc(Br)c3)no2)c1. The maximum absolute atomic E-state index is 12.5. The molecule has 0 aliphatic carbocycles. The fraction of sp³-hybridized carbons (Fsp3) is 0.286. The second kappa shape index (κ2) is 7.27. The Labute approximate surface area is 166 Å². The monoisotopic (exact) mass is 425 g/mol. The molecule has 6 heteroatoms. The first-order chi connectivity index (χ1) is 13.0. The summed E-state index contributed by atoms with van der Waals surface area (Å²) in [7, 11) is 0. The lowest BCUT2D eigenvalue weighted by molar-refractivity contribution is -0.130. The van der Waals surface area contributed by atoms with Crippen molar-refractivity contribution in [1.82, 2.24) is 15.0 Å². The van der Waals surface area contributed by atoms with E-state index in [0.29, 0.717) is 31.1 Å². The Kier molecular flexibility index (Phi) is 4.83. The van der Waals surface area contributed by atoms with Gasteiger partial charge in [-0.1, -0.05) is 57.0 Å². The summed E-state index contributed by atoms with van der Waals surface area (Å²) in [6.07, 6.45) is 1.20. The summed E-state index contributed by atoms with van der Waals surface area (Å²) >= 11 is 3.46. The van der Waals surface area contributed by atoms with E-state index >= 15 is 0 Å². The van der Waals surface area contributed by atoms with E-state index in [1.165, 1.54) is 11.1 Å². The van der Waals surface area contributed by atoms with Gasteiger partial charge in [-0.15, -0.1) is 0 Å². The molecule has 0 N–H and O–H groups in total. The van der Waals surface area contributed by atoms with Gasteiger partial charge in [-0.25, -0.2) is 0 Å². The Morgan fingerprint density at radius 2 is 2.07 bits per heavy atom. The lowest BCUT2D eigenvalue weighted by atomic mass is 10.0. The Bertz CT molecular complexity index is 999. The molecule has 1 atom stereocenters. The van der Waals surface area contributed by atoms with E-state index in [9.17, 15) is 4.79 Å². The largest absolute Gasteiger partial charge is 0.337 e. The fourth-order valence-electron chi connectivity index (χ4n) is 3.46. The van der Waals surface area contributed by atoms with Gasteiger partial charge in [0, 0.05) is 23.0 Å². The highest BCUT2D eigenvalue weighted by atomic mass is 79.9. The van der Waals surface area contributed by atoms with Crippen LogP contribution in [0.2, 0.25) is 0 Å². The summed E-state index contributed by atoms with van der Waals surface area (Å²) in [4.78, 5) is 18.9. The van der Waals surface area contributed by atoms with Gasteiger partial charge in [0.15, 0.2) is 0 Å². The number of aryl methyl sites for hydroxylation is 2. The Morgan fingerprint density at radius 1 is 1.22 bits per heavy atom. The van der Waals surface area contributed by atoms with Gasteiger partial charge >= 0.3 is 0 Å². The minimum atomic E-state index is -0.175. The van der Waals surface area contributed by atoms with Crippen molar-refractivity contribution in [3.05, 3.63) is 69.5 Å².